The standard InChI is InChI=1S/C51H64N8O7/c1-8-26(2)44(57-64-7)49(60)59-40-11-9-10-32(40)22-42(59)47-52-24-39(54-47)31-13-15-35-34(20-31)25-65-43-23-36-30(21-37(35)43)14-16-38-46(36)55-48(53-38)41-17-12-27(3)58(41)50(61)45(56-51(62)63-6)33-18-28(4)66-29(5)19-33/h13-16,20-21,23-24,26-29,32-33,40-42,44-45,57H,8-12,17-19,22,25H2,1-7H3,(H,52,54)(H,53,55)(H,56,62)/t26-,27-,28+,29+,32-,40-,41-,42-,44-,45-/m0/s1. The number of imidazole rings is 2. The Morgan fingerprint density at radius 1 is 0.894 bits per heavy atom. The van der Waals surface area contributed by atoms with Crippen LogP contribution in [0, 0.1) is 17.8 Å². The number of hydrogen-bond donors (Lipinski definition) is 4. The van der Waals surface area contributed by atoms with Gasteiger partial charge in [0.15, 0.2) is 0 Å². The molecule has 5 aromatic rings. The molecule has 0 bridgehead atoms. The normalized spacial score (nSPS) is 27.3. The lowest BCUT2D eigenvalue weighted by molar-refractivity contribution is -0.142. The number of nitrogens with zero attached hydrogens (tertiary/aromatic N) is 4. The summed E-state index contributed by atoms with van der Waals surface area (Å²) >= 11 is 0. The number of rotatable bonds is 11. The summed E-state index contributed by atoms with van der Waals surface area (Å²) < 4.78 is 17.5. The summed E-state index contributed by atoms with van der Waals surface area (Å²) in [5.74, 6) is 2.82. The first-order valence-electron chi connectivity index (χ1n) is 24.1. The van der Waals surface area contributed by atoms with E-state index in [1.807, 2.05) is 31.0 Å². The molecule has 15 nitrogen and oxygen atoms in total. The van der Waals surface area contributed by atoms with Crippen LogP contribution in [0.3, 0.4) is 0 Å². The Hall–Kier alpha value is -5.51. The molecule has 2 aromatic heterocycles. The number of hydroxylamine groups is 1. The van der Waals surface area contributed by atoms with Crippen molar-refractivity contribution in [1.29, 1.82) is 0 Å². The zero-order chi connectivity index (χ0) is 46.0. The summed E-state index contributed by atoms with van der Waals surface area (Å²) in [6.07, 6.45) is 9.18. The Morgan fingerprint density at radius 2 is 1.71 bits per heavy atom. The Labute approximate surface area is 386 Å². The molecule has 6 heterocycles. The van der Waals surface area contributed by atoms with Crippen molar-refractivity contribution in [2.24, 2.45) is 17.8 Å². The van der Waals surface area contributed by atoms with Crippen molar-refractivity contribution in [2.75, 3.05) is 14.2 Å². The number of ether oxygens (including phenoxy) is 3. The van der Waals surface area contributed by atoms with Gasteiger partial charge in [0.25, 0.3) is 0 Å². The van der Waals surface area contributed by atoms with Gasteiger partial charge in [0.1, 0.15) is 36.1 Å². The molecule has 0 unspecified atom stereocenters. The first kappa shape index (κ1) is 44.3. The average molecular weight is 901 g/mol. The summed E-state index contributed by atoms with van der Waals surface area (Å²) in [6.45, 7) is 10.7. The molecule has 4 N–H and O–H groups in total. The van der Waals surface area contributed by atoms with Crippen LogP contribution in [0.2, 0.25) is 0 Å². The molecular formula is C51H64N8O7. The van der Waals surface area contributed by atoms with E-state index in [1.165, 1.54) is 7.11 Å². The quantitative estimate of drug-likeness (QED) is 0.0939. The van der Waals surface area contributed by atoms with Gasteiger partial charge < -0.3 is 44.1 Å². The molecule has 350 valence electrons. The molecule has 3 aromatic carbocycles. The van der Waals surface area contributed by atoms with Gasteiger partial charge in [-0.25, -0.2) is 14.8 Å². The first-order chi connectivity index (χ1) is 31.9. The van der Waals surface area contributed by atoms with Gasteiger partial charge in [0.05, 0.1) is 61.4 Å². The molecule has 4 aliphatic heterocycles. The number of likely N-dealkylation sites (tertiary alicyclic amines) is 2. The third-order valence-corrected chi connectivity index (χ3v) is 15.6. The summed E-state index contributed by atoms with van der Waals surface area (Å²) in [5.41, 5.74) is 9.87. The predicted octanol–water partition coefficient (Wildman–Crippen LogP) is 8.65. The molecule has 1 aliphatic carbocycles. The van der Waals surface area contributed by atoms with Crippen LogP contribution in [0.1, 0.15) is 122 Å². The van der Waals surface area contributed by atoms with E-state index in [1.54, 1.807) is 7.11 Å². The fraction of sp³-hybridized carbons (Fsp3) is 0.549. The molecule has 15 heteroatoms. The minimum Gasteiger partial charge on any atom is -0.488 e. The lowest BCUT2D eigenvalue weighted by Crippen LogP contribution is -2.55. The number of methoxy groups -OCH3 is 1. The van der Waals surface area contributed by atoms with Crippen molar-refractivity contribution in [3.8, 4) is 28.1 Å². The molecule has 66 heavy (non-hydrogen) atoms. The molecule has 10 rings (SSSR count). The van der Waals surface area contributed by atoms with E-state index in [-0.39, 0.29) is 60.0 Å². The number of nitrogens with one attached hydrogen (secondary N) is 4. The number of carbonyl (C=O) groups is 3. The summed E-state index contributed by atoms with van der Waals surface area (Å²) in [7, 11) is 2.90. The van der Waals surface area contributed by atoms with Crippen LogP contribution < -0.4 is 15.5 Å². The zero-order valence-corrected chi connectivity index (χ0v) is 39.2. The summed E-state index contributed by atoms with van der Waals surface area (Å²) in [4.78, 5) is 68.2. The van der Waals surface area contributed by atoms with Gasteiger partial charge in [-0.15, -0.1) is 0 Å². The first-order valence-corrected chi connectivity index (χ1v) is 24.1. The van der Waals surface area contributed by atoms with Gasteiger partial charge in [-0.2, -0.15) is 5.48 Å². The summed E-state index contributed by atoms with van der Waals surface area (Å²) in [5, 5.41) is 4.94. The van der Waals surface area contributed by atoms with E-state index >= 15 is 0 Å². The maximum atomic E-state index is 14.6. The number of benzene rings is 3. The average Bonchev–Trinajstić information content (AvgIpc) is 4.17. The molecule has 10 atom stereocenters. The predicted molar refractivity (Wildman–Crippen MR) is 250 cm³/mol. The largest absolute Gasteiger partial charge is 0.488 e. The monoisotopic (exact) mass is 900 g/mol. The maximum absolute atomic E-state index is 14.6. The smallest absolute Gasteiger partial charge is 0.407 e. The topological polar surface area (TPSA) is 176 Å². The van der Waals surface area contributed by atoms with E-state index in [9.17, 15) is 14.4 Å². The third-order valence-electron chi connectivity index (χ3n) is 15.6. The van der Waals surface area contributed by atoms with Gasteiger partial charge in [0, 0.05) is 23.0 Å². The van der Waals surface area contributed by atoms with Crippen molar-refractivity contribution in [3.05, 3.63) is 65.9 Å². The highest BCUT2D eigenvalue weighted by Gasteiger charge is 2.50. The fourth-order valence-electron chi connectivity index (χ4n) is 12.2. The lowest BCUT2D eigenvalue weighted by Gasteiger charge is -2.39. The van der Waals surface area contributed by atoms with Crippen LogP contribution in [-0.4, -0.2) is 98.2 Å². The van der Waals surface area contributed by atoms with Gasteiger partial charge in [-0.3, -0.25) is 9.59 Å². The minimum absolute atomic E-state index is 0.0266. The van der Waals surface area contributed by atoms with Gasteiger partial charge >= 0.3 is 6.09 Å². The van der Waals surface area contributed by atoms with Crippen LogP contribution in [0.5, 0.6) is 5.75 Å². The fourth-order valence-corrected chi connectivity index (χ4v) is 12.2. The molecule has 1 saturated carbocycles. The molecule has 4 fully saturated rings. The zero-order valence-electron chi connectivity index (χ0n) is 39.2. The van der Waals surface area contributed by atoms with E-state index < -0.39 is 18.2 Å². The van der Waals surface area contributed by atoms with Crippen LogP contribution in [0.4, 0.5) is 4.79 Å². The molecule has 3 amide bonds. The van der Waals surface area contributed by atoms with Crippen molar-refractivity contribution in [2.45, 2.75) is 147 Å². The van der Waals surface area contributed by atoms with Gasteiger partial charge in [-0.05, 0) is 130 Å². The summed E-state index contributed by atoms with van der Waals surface area (Å²) in [6, 6.07) is 13.5. The number of fused-ring (bicyclic) bond motifs is 7. The van der Waals surface area contributed by atoms with Crippen LogP contribution in [-0.2, 0) is 30.5 Å². The molecule has 5 aliphatic rings. The highest BCUT2D eigenvalue weighted by atomic mass is 16.6. The van der Waals surface area contributed by atoms with Crippen molar-refractivity contribution in [3.63, 3.8) is 0 Å². The lowest BCUT2D eigenvalue weighted by atomic mass is 9.85. The van der Waals surface area contributed by atoms with Crippen LogP contribution in [0.15, 0.2) is 48.7 Å². The second-order valence-electron chi connectivity index (χ2n) is 19.7. The number of H-pyrrole nitrogens is 2. The van der Waals surface area contributed by atoms with E-state index in [0.717, 1.165) is 112 Å². The van der Waals surface area contributed by atoms with Crippen molar-refractivity contribution < 1.29 is 33.4 Å². The Balaban J connectivity index is 0.908. The highest BCUT2D eigenvalue weighted by Crippen LogP contribution is 2.48. The van der Waals surface area contributed by atoms with Crippen LogP contribution >= 0.6 is 0 Å². The van der Waals surface area contributed by atoms with Crippen molar-refractivity contribution >= 4 is 39.7 Å². The second-order valence-corrected chi connectivity index (χ2v) is 19.7. The highest BCUT2D eigenvalue weighted by molar-refractivity contribution is 6.07. The van der Waals surface area contributed by atoms with Gasteiger partial charge in [0.2, 0.25) is 11.8 Å². The number of amides is 3. The van der Waals surface area contributed by atoms with E-state index in [0.29, 0.717) is 25.4 Å². The molecule has 3 saturated heterocycles. The maximum Gasteiger partial charge on any atom is 0.407 e. The number of carbonyl (C=O) groups excluding carboxylic acids is 3. The van der Waals surface area contributed by atoms with E-state index in [4.69, 9.17) is 29.0 Å². The number of aromatic amines is 2. The number of aromatic nitrogens is 4. The third kappa shape index (κ3) is 7.89. The number of hydrogen-bond acceptors (Lipinski definition) is 10. The Bertz CT molecular complexity index is 2630. The Morgan fingerprint density at radius 3 is 2.48 bits per heavy atom. The molecule has 0 radical (unpaired) electrons. The number of alkyl carbamates (subject to hydrolysis) is 1. The molecular weight excluding hydrogens is 837 g/mol. The minimum atomic E-state index is -0.745. The van der Waals surface area contributed by atoms with Gasteiger partial charge in [-0.1, -0.05) is 44.9 Å². The second kappa shape index (κ2) is 17.9. The van der Waals surface area contributed by atoms with E-state index in [2.05, 4.69) is 82.8 Å². The van der Waals surface area contributed by atoms with Crippen molar-refractivity contribution in [1.82, 2.24) is 40.5 Å². The molecule has 0 spiro atoms. The Kier molecular flexibility index (Phi) is 12.1. The van der Waals surface area contributed by atoms with Crippen LogP contribution in [0.25, 0.3) is 44.2 Å². The SMILES string of the molecule is CC[C@H](C)[C@H](NOC)C(=O)N1[C@H](c2ncc(-c3ccc4c(c3)COc3cc5c(ccc6nc([C@@H]7CC[C@H](C)N7C(=O)[C@@H](NC(=O)OC)C7C[C@@H](C)O[C@H](C)C7)[nH]c65)cc3-4)[nH]2)C[C@@H]2CCC[C@@H]21.